The zero-order chi connectivity index (χ0) is 26.3. The van der Waals surface area contributed by atoms with Crippen LogP contribution in [-0.4, -0.2) is 29.5 Å². The minimum atomic E-state index is -0.831. The predicted octanol–water partition coefficient (Wildman–Crippen LogP) is 6.31. The van der Waals surface area contributed by atoms with E-state index in [0.717, 1.165) is 43.7 Å². The second kappa shape index (κ2) is 9.92. The lowest BCUT2D eigenvalue weighted by Gasteiger charge is -2.48. The highest BCUT2D eigenvalue weighted by molar-refractivity contribution is 5.89. The molecule has 4 rings (SSSR count). The summed E-state index contributed by atoms with van der Waals surface area (Å²) in [5.41, 5.74) is 1.19. The summed E-state index contributed by atoms with van der Waals surface area (Å²) in [6.45, 7) is 8.77. The molecule has 2 fully saturated rings. The summed E-state index contributed by atoms with van der Waals surface area (Å²) in [5, 5.41) is 3.53. The van der Waals surface area contributed by atoms with E-state index in [1.807, 2.05) is 24.0 Å². The first-order valence-electron chi connectivity index (χ1n) is 12.8. The van der Waals surface area contributed by atoms with Crippen LogP contribution in [0.3, 0.4) is 0 Å². The van der Waals surface area contributed by atoms with Crippen LogP contribution >= 0.6 is 0 Å². The third-order valence-electron chi connectivity index (χ3n) is 8.61. The molecule has 2 aromatic carbocycles. The second-order valence-electron chi connectivity index (χ2n) is 10.9. The second-order valence-corrected chi connectivity index (χ2v) is 10.9. The molecule has 0 bridgehead atoms. The summed E-state index contributed by atoms with van der Waals surface area (Å²) >= 11 is 0. The monoisotopic (exact) mass is 498 g/mol. The third-order valence-corrected chi connectivity index (χ3v) is 8.61. The summed E-state index contributed by atoms with van der Waals surface area (Å²) in [4.78, 5) is 27.7. The Bertz CT molecular complexity index is 1100. The third kappa shape index (κ3) is 4.77. The quantitative estimate of drug-likeness (QED) is 0.475. The van der Waals surface area contributed by atoms with Crippen LogP contribution in [0.2, 0.25) is 0 Å². The van der Waals surface area contributed by atoms with E-state index in [1.54, 1.807) is 12.1 Å². The Morgan fingerprint density at radius 2 is 1.72 bits per heavy atom. The van der Waals surface area contributed by atoms with Crippen molar-refractivity contribution < 1.29 is 23.1 Å². The standard InChI is InChI=1S/C29H36F2N2O3/c1-6-28(3,4)22-11-13-29(14-12-22)32-25(21-15-23(30)17-24(31)16-21)26(34)33(29)18(2)19-7-9-20(10-8-19)27(35)36-5/h7-10,15-18,22,25,32H,6,11-14H2,1-5H3. The van der Waals surface area contributed by atoms with Crippen molar-refractivity contribution in [2.24, 2.45) is 11.3 Å². The van der Waals surface area contributed by atoms with E-state index < -0.39 is 29.3 Å². The van der Waals surface area contributed by atoms with E-state index in [0.29, 0.717) is 17.0 Å². The van der Waals surface area contributed by atoms with E-state index >= 15 is 0 Å². The Morgan fingerprint density at radius 3 is 2.25 bits per heavy atom. The number of esters is 1. The van der Waals surface area contributed by atoms with E-state index in [9.17, 15) is 18.4 Å². The smallest absolute Gasteiger partial charge is 0.337 e. The molecule has 36 heavy (non-hydrogen) atoms. The van der Waals surface area contributed by atoms with Gasteiger partial charge in [0.25, 0.3) is 0 Å². The molecule has 1 spiro atoms. The molecule has 0 aromatic heterocycles. The number of benzene rings is 2. The van der Waals surface area contributed by atoms with Gasteiger partial charge in [-0.1, -0.05) is 39.3 Å². The summed E-state index contributed by atoms with van der Waals surface area (Å²) < 4.78 is 33.0. The fourth-order valence-corrected chi connectivity index (χ4v) is 5.99. The zero-order valence-corrected chi connectivity index (χ0v) is 21.7. The first kappa shape index (κ1) is 26.3. The molecule has 0 radical (unpaired) electrons. The number of amides is 1. The zero-order valence-electron chi connectivity index (χ0n) is 21.7. The predicted molar refractivity (Wildman–Crippen MR) is 134 cm³/mol. The van der Waals surface area contributed by atoms with Gasteiger partial charge in [0.05, 0.1) is 24.4 Å². The van der Waals surface area contributed by atoms with E-state index in [1.165, 1.54) is 19.2 Å². The van der Waals surface area contributed by atoms with E-state index in [2.05, 4.69) is 26.1 Å². The number of rotatable bonds is 6. The van der Waals surface area contributed by atoms with Gasteiger partial charge in [0, 0.05) is 6.07 Å². The topological polar surface area (TPSA) is 58.6 Å². The molecule has 1 aliphatic heterocycles. The van der Waals surface area contributed by atoms with Gasteiger partial charge in [-0.05, 0) is 79.3 Å². The Hall–Kier alpha value is -2.80. The molecule has 1 saturated carbocycles. The molecule has 2 unspecified atom stereocenters. The molecule has 1 N–H and O–H groups in total. The molecule has 1 saturated heterocycles. The van der Waals surface area contributed by atoms with Crippen LogP contribution in [0.4, 0.5) is 8.78 Å². The first-order valence-corrected chi connectivity index (χ1v) is 12.8. The van der Waals surface area contributed by atoms with Gasteiger partial charge < -0.3 is 9.64 Å². The fourth-order valence-electron chi connectivity index (χ4n) is 5.99. The molecule has 5 nitrogen and oxygen atoms in total. The number of nitrogens with zero attached hydrogens (tertiary/aromatic N) is 1. The number of nitrogens with one attached hydrogen (secondary N) is 1. The van der Waals surface area contributed by atoms with Crippen molar-refractivity contribution >= 4 is 11.9 Å². The van der Waals surface area contributed by atoms with Crippen LogP contribution in [0.25, 0.3) is 0 Å². The van der Waals surface area contributed by atoms with Gasteiger partial charge in [-0.2, -0.15) is 0 Å². The molecular formula is C29H36F2N2O3. The van der Waals surface area contributed by atoms with Crippen LogP contribution in [0, 0.1) is 23.0 Å². The molecule has 2 aromatic rings. The number of hydrogen-bond acceptors (Lipinski definition) is 4. The summed E-state index contributed by atoms with van der Waals surface area (Å²) in [5.74, 6) is -1.49. The summed E-state index contributed by atoms with van der Waals surface area (Å²) in [7, 11) is 1.34. The highest BCUT2D eigenvalue weighted by atomic mass is 19.1. The molecule has 2 aliphatic rings. The lowest BCUT2D eigenvalue weighted by molar-refractivity contribution is -0.136. The summed E-state index contributed by atoms with van der Waals surface area (Å²) in [6, 6.07) is 9.20. The van der Waals surface area contributed by atoms with Crippen LogP contribution in [0.1, 0.15) is 93.4 Å². The largest absolute Gasteiger partial charge is 0.465 e. The lowest BCUT2D eigenvalue weighted by Crippen LogP contribution is -2.55. The van der Waals surface area contributed by atoms with Crippen molar-refractivity contribution in [3.05, 3.63) is 70.8 Å². The highest BCUT2D eigenvalue weighted by Gasteiger charge is 2.54. The van der Waals surface area contributed by atoms with Gasteiger partial charge >= 0.3 is 5.97 Å². The fraction of sp³-hybridized carbons (Fsp3) is 0.517. The minimum Gasteiger partial charge on any atom is -0.465 e. The number of halogens is 2. The van der Waals surface area contributed by atoms with Gasteiger partial charge in [-0.15, -0.1) is 0 Å². The van der Waals surface area contributed by atoms with Gasteiger partial charge in [0.2, 0.25) is 5.91 Å². The maximum absolute atomic E-state index is 14.1. The van der Waals surface area contributed by atoms with Crippen LogP contribution in [-0.2, 0) is 9.53 Å². The SMILES string of the molecule is CCC(C)(C)C1CCC2(CC1)NC(c1cc(F)cc(F)c1)C(=O)N2C(C)c1ccc(C(=O)OC)cc1. The molecule has 1 amide bonds. The van der Waals surface area contributed by atoms with Gasteiger partial charge in [0.1, 0.15) is 17.7 Å². The lowest BCUT2D eigenvalue weighted by atomic mass is 9.67. The maximum Gasteiger partial charge on any atom is 0.337 e. The van der Waals surface area contributed by atoms with Crippen LogP contribution < -0.4 is 5.32 Å². The van der Waals surface area contributed by atoms with Crippen molar-refractivity contribution in [2.75, 3.05) is 7.11 Å². The van der Waals surface area contributed by atoms with Crippen molar-refractivity contribution in [3.8, 4) is 0 Å². The number of hydrogen-bond donors (Lipinski definition) is 1. The molecular weight excluding hydrogens is 462 g/mol. The van der Waals surface area contributed by atoms with Gasteiger partial charge in [-0.3, -0.25) is 10.1 Å². The molecule has 2 atom stereocenters. The van der Waals surface area contributed by atoms with E-state index in [-0.39, 0.29) is 17.4 Å². The average molecular weight is 499 g/mol. The number of carbonyl (C=O) groups excluding carboxylic acids is 2. The first-order chi connectivity index (χ1) is 17.0. The van der Waals surface area contributed by atoms with Crippen molar-refractivity contribution in [1.82, 2.24) is 10.2 Å². The summed E-state index contributed by atoms with van der Waals surface area (Å²) in [6.07, 6.45) is 4.50. The number of methoxy groups -OCH3 is 1. The Morgan fingerprint density at radius 1 is 1.14 bits per heavy atom. The van der Waals surface area contributed by atoms with Crippen LogP contribution in [0.15, 0.2) is 42.5 Å². The van der Waals surface area contributed by atoms with Crippen molar-refractivity contribution in [3.63, 3.8) is 0 Å². The number of ether oxygens (including phenoxy) is 1. The molecule has 194 valence electrons. The maximum atomic E-state index is 14.1. The van der Waals surface area contributed by atoms with Gasteiger partial charge in [-0.25, -0.2) is 13.6 Å². The Balaban J connectivity index is 1.69. The van der Waals surface area contributed by atoms with Gasteiger partial charge in [0.15, 0.2) is 0 Å². The van der Waals surface area contributed by atoms with Crippen molar-refractivity contribution in [2.45, 2.75) is 77.5 Å². The van der Waals surface area contributed by atoms with Crippen molar-refractivity contribution in [1.29, 1.82) is 0 Å². The Labute approximate surface area is 212 Å². The molecule has 1 heterocycles. The average Bonchev–Trinajstić information content (AvgIpc) is 3.14. The van der Waals surface area contributed by atoms with Crippen LogP contribution in [0.5, 0.6) is 0 Å². The normalized spacial score (nSPS) is 25.3. The highest BCUT2D eigenvalue weighted by Crippen LogP contribution is 2.50. The molecule has 1 aliphatic carbocycles. The minimum absolute atomic E-state index is 0.197. The molecule has 7 heteroatoms. The Kier molecular flexibility index (Phi) is 7.24. The number of carbonyl (C=O) groups is 2. The van der Waals surface area contributed by atoms with E-state index in [4.69, 9.17) is 4.74 Å².